The van der Waals surface area contributed by atoms with Crippen LogP contribution in [0, 0.1) is 0 Å². The maximum Gasteiger partial charge on any atom is 0.407 e. The number of nitrogens with one attached hydrogen (secondary N) is 1. The molecule has 1 saturated heterocycles. The maximum absolute atomic E-state index is 13.7. The van der Waals surface area contributed by atoms with Gasteiger partial charge in [-0.2, -0.15) is 0 Å². The summed E-state index contributed by atoms with van der Waals surface area (Å²) in [5.41, 5.74) is 2.50. The van der Waals surface area contributed by atoms with Gasteiger partial charge in [-0.3, -0.25) is 9.59 Å². The first-order valence-corrected chi connectivity index (χ1v) is 12.4. The average molecular weight is 539 g/mol. The third-order valence-corrected chi connectivity index (χ3v) is 8.36. The van der Waals surface area contributed by atoms with Gasteiger partial charge >= 0.3 is 12.1 Å². The molecule has 10 heteroatoms. The molecule has 6 rings (SSSR count). The Balaban J connectivity index is 1.60. The number of aromatic nitrogens is 2. The number of benzene rings is 1. The van der Waals surface area contributed by atoms with Gasteiger partial charge in [-0.25, -0.2) is 9.78 Å². The van der Waals surface area contributed by atoms with E-state index in [9.17, 15) is 19.5 Å². The number of halogens is 1. The SMILES string of the molecule is CCC1(C2CNCCN2C(=O)O)C(=O)OCc2c1cc1n(c2=O)Cc2cc3c(Br)cccc3nc2-1. The molecule has 2 aromatic heterocycles. The van der Waals surface area contributed by atoms with Crippen molar-refractivity contribution in [3.05, 3.63) is 61.8 Å². The second kappa shape index (κ2) is 7.89. The van der Waals surface area contributed by atoms with E-state index in [-0.39, 0.29) is 18.7 Å². The van der Waals surface area contributed by atoms with Crippen LogP contribution in [0.1, 0.15) is 30.0 Å². The lowest BCUT2D eigenvalue weighted by Crippen LogP contribution is -2.65. The molecule has 0 aliphatic carbocycles. The number of hydrogen-bond acceptors (Lipinski definition) is 6. The average Bonchev–Trinajstić information content (AvgIpc) is 3.21. The van der Waals surface area contributed by atoms with Crippen molar-refractivity contribution in [2.45, 2.75) is 38.0 Å². The highest BCUT2D eigenvalue weighted by molar-refractivity contribution is 9.10. The predicted octanol–water partition coefficient (Wildman–Crippen LogP) is 2.84. The van der Waals surface area contributed by atoms with Crippen LogP contribution >= 0.6 is 15.9 Å². The quantitative estimate of drug-likeness (QED) is 0.377. The van der Waals surface area contributed by atoms with E-state index in [1.807, 2.05) is 37.3 Å². The van der Waals surface area contributed by atoms with Gasteiger partial charge in [0.2, 0.25) is 0 Å². The molecule has 0 spiro atoms. The summed E-state index contributed by atoms with van der Waals surface area (Å²) in [7, 11) is 0. The number of piperazine rings is 1. The fourth-order valence-electron chi connectivity index (χ4n) is 5.93. The fourth-order valence-corrected chi connectivity index (χ4v) is 6.40. The van der Waals surface area contributed by atoms with Crippen LogP contribution in [0.25, 0.3) is 22.3 Å². The van der Waals surface area contributed by atoms with E-state index in [2.05, 4.69) is 21.2 Å². The van der Waals surface area contributed by atoms with Crippen LogP contribution in [0.3, 0.4) is 0 Å². The first-order chi connectivity index (χ1) is 16.9. The van der Waals surface area contributed by atoms with Crippen LogP contribution < -0.4 is 10.9 Å². The number of amides is 1. The zero-order valence-corrected chi connectivity index (χ0v) is 20.6. The Morgan fingerprint density at radius 2 is 2.17 bits per heavy atom. The smallest absolute Gasteiger partial charge is 0.407 e. The highest BCUT2D eigenvalue weighted by atomic mass is 79.9. The first kappa shape index (κ1) is 22.2. The lowest BCUT2D eigenvalue weighted by Gasteiger charge is -2.47. The van der Waals surface area contributed by atoms with Crippen LogP contribution in [0.5, 0.6) is 0 Å². The van der Waals surface area contributed by atoms with Crippen LogP contribution in [-0.4, -0.2) is 57.3 Å². The van der Waals surface area contributed by atoms with Crippen molar-refractivity contribution in [3.8, 4) is 11.4 Å². The summed E-state index contributed by atoms with van der Waals surface area (Å²) < 4.78 is 8.17. The van der Waals surface area contributed by atoms with E-state index in [0.29, 0.717) is 48.6 Å². The largest absolute Gasteiger partial charge is 0.465 e. The van der Waals surface area contributed by atoms with E-state index in [0.717, 1.165) is 20.9 Å². The van der Waals surface area contributed by atoms with Gasteiger partial charge in [0.15, 0.2) is 0 Å². The summed E-state index contributed by atoms with van der Waals surface area (Å²) >= 11 is 3.58. The number of esters is 1. The molecule has 1 fully saturated rings. The predicted molar refractivity (Wildman–Crippen MR) is 131 cm³/mol. The summed E-state index contributed by atoms with van der Waals surface area (Å²) in [5, 5.41) is 14.1. The number of carbonyl (C=O) groups excluding carboxylic acids is 1. The third-order valence-electron chi connectivity index (χ3n) is 7.66. The number of rotatable bonds is 2. The topological polar surface area (TPSA) is 114 Å². The molecule has 35 heavy (non-hydrogen) atoms. The number of fused-ring (bicyclic) bond motifs is 5. The highest BCUT2D eigenvalue weighted by Crippen LogP contribution is 2.44. The van der Waals surface area contributed by atoms with E-state index < -0.39 is 23.5 Å². The maximum atomic E-state index is 13.7. The minimum absolute atomic E-state index is 0.125. The molecular weight excluding hydrogens is 516 g/mol. The summed E-state index contributed by atoms with van der Waals surface area (Å²) in [4.78, 5) is 45.5. The Morgan fingerprint density at radius 1 is 1.34 bits per heavy atom. The minimum atomic E-state index is -1.29. The molecule has 9 nitrogen and oxygen atoms in total. The molecule has 1 amide bonds. The lowest BCUT2D eigenvalue weighted by atomic mass is 9.68. The number of ether oxygens (including phenoxy) is 1. The number of pyridine rings is 2. The van der Waals surface area contributed by atoms with Crippen molar-refractivity contribution in [1.29, 1.82) is 0 Å². The Hall–Kier alpha value is -3.24. The molecule has 2 N–H and O–H groups in total. The lowest BCUT2D eigenvalue weighted by molar-refractivity contribution is -0.158. The zero-order valence-electron chi connectivity index (χ0n) is 19.0. The number of carbonyl (C=O) groups is 2. The summed E-state index contributed by atoms with van der Waals surface area (Å²) in [5.74, 6) is -0.495. The number of hydrogen-bond donors (Lipinski definition) is 2. The van der Waals surface area contributed by atoms with Crippen molar-refractivity contribution < 1.29 is 19.4 Å². The van der Waals surface area contributed by atoms with Crippen LogP contribution in [-0.2, 0) is 28.1 Å². The zero-order chi connectivity index (χ0) is 24.5. The summed E-state index contributed by atoms with van der Waals surface area (Å²) in [6.07, 6.45) is -0.797. The Kier molecular flexibility index (Phi) is 5.01. The number of nitrogens with zero attached hydrogens (tertiary/aromatic N) is 3. The van der Waals surface area contributed by atoms with Gasteiger partial charge in [0.1, 0.15) is 12.0 Å². The van der Waals surface area contributed by atoms with Gasteiger partial charge in [0.05, 0.1) is 35.1 Å². The van der Waals surface area contributed by atoms with Crippen LogP contribution in [0.2, 0.25) is 0 Å². The number of cyclic esters (lactones) is 1. The van der Waals surface area contributed by atoms with Crippen molar-refractivity contribution in [3.63, 3.8) is 0 Å². The normalized spacial score (nSPS) is 23.0. The fraction of sp³-hybridized carbons (Fsp3) is 0.360. The summed E-state index contributed by atoms with van der Waals surface area (Å²) in [6.45, 7) is 3.13. The standard InChI is InChI=1S/C25H23BrN4O5/c1-2-25(20-10-27-6-7-29(20)24(33)34)16-9-19-21-13(8-14-17(26)4-3-5-18(14)28-21)11-30(19)22(31)15(16)12-35-23(25)32/h3-5,8-9,20,27H,2,6-7,10-12H2,1H3,(H,33,34). The molecule has 180 valence electrons. The molecule has 3 aliphatic heterocycles. The minimum Gasteiger partial charge on any atom is -0.465 e. The van der Waals surface area contributed by atoms with Crippen LogP contribution in [0.4, 0.5) is 4.79 Å². The van der Waals surface area contributed by atoms with E-state index in [4.69, 9.17) is 9.72 Å². The monoisotopic (exact) mass is 538 g/mol. The van der Waals surface area contributed by atoms with Gasteiger partial charge < -0.3 is 24.6 Å². The third kappa shape index (κ3) is 3.02. The van der Waals surface area contributed by atoms with E-state index in [1.165, 1.54) is 4.90 Å². The Labute approximate surface area is 208 Å². The molecule has 2 unspecified atom stereocenters. The van der Waals surface area contributed by atoms with Crippen molar-refractivity contribution >= 4 is 38.9 Å². The van der Waals surface area contributed by atoms with Gasteiger partial charge in [-0.05, 0) is 36.2 Å². The van der Waals surface area contributed by atoms with Crippen LogP contribution in [0.15, 0.2) is 39.6 Å². The molecule has 0 radical (unpaired) electrons. The number of carboxylic acid groups (broad SMARTS) is 1. The van der Waals surface area contributed by atoms with Gasteiger partial charge in [0.25, 0.3) is 5.56 Å². The van der Waals surface area contributed by atoms with Gasteiger partial charge in [-0.1, -0.05) is 28.9 Å². The summed E-state index contributed by atoms with van der Waals surface area (Å²) in [6, 6.07) is 9.00. The van der Waals surface area contributed by atoms with Crippen molar-refractivity contribution in [1.82, 2.24) is 19.8 Å². The molecule has 3 aromatic rings. The second-order valence-corrected chi connectivity index (χ2v) is 10.1. The molecule has 0 bridgehead atoms. The van der Waals surface area contributed by atoms with E-state index >= 15 is 0 Å². The van der Waals surface area contributed by atoms with Gasteiger partial charge in [-0.15, -0.1) is 0 Å². The molecule has 3 aliphatic rings. The molecule has 0 saturated carbocycles. The second-order valence-electron chi connectivity index (χ2n) is 9.21. The Morgan fingerprint density at radius 3 is 2.94 bits per heavy atom. The molecule has 1 aromatic carbocycles. The Bertz CT molecular complexity index is 1480. The van der Waals surface area contributed by atoms with Crippen molar-refractivity contribution in [2.24, 2.45) is 0 Å². The van der Waals surface area contributed by atoms with E-state index in [1.54, 1.807) is 4.57 Å². The molecular formula is C25H23BrN4O5. The first-order valence-electron chi connectivity index (χ1n) is 11.6. The highest BCUT2D eigenvalue weighted by Gasteiger charge is 2.55. The molecule has 5 heterocycles. The molecule has 2 atom stereocenters. The van der Waals surface area contributed by atoms with Gasteiger partial charge in [0, 0.05) is 35.1 Å². The van der Waals surface area contributed by atoms with Crippen molar-refractivity contribution in [2.75, 3.05) is 19.6 Å².